The Morgan fingerprint density at radius 2 is 1.72 bits per heavy atom. The molecule has 13 nitrogen and oxygen atoms in total. The summed E-state index contributed by atoms with van der Waals surface area (Å²) in [6, 6.07) is 19.8. The highest BCUT2D eigenvalue weighted by atomic mass is 35.5. The Bertz CT molecular complexity index is 2540. The van der Waals surface area contributed by atoms with Gasteiger partial charge < -0.3 is 19.5 Å². The normalized spacial score (nSPS) is 21.1. The summed E-state index contributed by atoms with van der Waals surface area (Å²) in [6.07, 6.45) is 7.27. The first-order valence-electron chi connectivity index (χ1n) is 20.8. The Labute approximate surface area is 366 Å². The van der Waals surface area contributed by atoms with Gasteiger partial charge in [0.2, 0.25) is 5.88 Å². The van der Waals surface area contributed by atoms with Crippen LogP contribution in [0.2, 0.25) is 10.0 Å². The number of hydrogen-bond acceptors (Lipinski definition) is 11. The number of ether oxygens (including phenoxy) is 2. The fraction of sp³-hybridized carbons (Fsp3) is 0.422. The maximum Gasteiger partial charge on any atom is 0.268 e. The lowest BCUT2D eigenvalue weighted by atomic mass is 9.72. The largest absolute Gasteiger partial charge is 0.476 e. The second-order valence-corrected chi connectivity index (χ2v) is 20.1. The number of hydrogen-bond donors (Lipinski definition) is 3. The first-order chi connectivity index (χ1) is 29.1. The molecule has 16 heteroatoms. The summed E-state index contributed by atoms with van der Waals surface area (Å²) in [6.45, 7) is 10.9. The third-order valence-electron chi connectivity index (χ3n) is 12.2. The number of sulfonamides is 1. The Hall–Kier alpha value is -4.73. The number of allylic oxidation sites excluding steroid dienone is 1. The predicted octanol–water partition coefficient (Wildman–Crippen LogP) is 8.68. The van der Waals surface area contributed by atoms with Gasteiger partial charge in [-0.25, -0.2) is 18.1 Å². The Balaban J connectivity index is 0.981. The number of aromatic nitrogens is 4. The van der Waals surface area contributed by atoms with Crippen LogP contribution in [-0.4, -0.2) is 89.7 Å². The Kier molecular flexibility index (Phi) is 12.4. The number of anilines is 1. The van der Waals surface area contributed by atoms with Crippen molar-refractivity contribution in [1.29, 1.82) is 0 Å². The van der Waals surface area contributed by atoms with Crippen molar-refractivity contribution in [2.24, 2.45) is 11.3 Å². The third-order valence-corrected chi connectivity index (χ3v) is 14.1. The first-order valence-corrected chi connectivity index (χ1v) is 23.0. The van der Waals surface area contributed by atoms with Crippen LogP contribution in [0, 0.1) is 11.3 Å². The maximum absolute atomic E-state index is 13.9. The minimum absolute atomic E-state index is 0.00110. The summed E-state index contributed by atoms with van der Waals surface area (Å²) in [4.78, 5) is 22.5. The number of rotatable bonds is 12. The van der Waals surface area contributed by atoms with E-state index in [0.717, 1.165) is 81.7 Å². The zero-order valence-corrected chi connectivity index (χ0v) is 36.9. The van der Waals surface area contributed by atoms with Crippen molar-refractivity contribution in [2.75, 3.05) is 44.2 Å². The Morgan fingerprint density at radius 3 is 2.46 bits per heavy atom. The number of nitrogens with one attached hydrogen (secondary N) is 2. The number of amides is 1. The molecule has 3 aliphatic rings. The molecule has 1 saturated carbocycles. The number of nitrogens with zero attached hydrogens (tertiary/aromatic N) is 5. The molecule has 5 aromatic rings. The van der Waals surface area contributed by atoms with Crippen molar-refractivity contribution in [3.05, 3.63) is 99.7 Å². The van der Waals surface area contributed by atoms with Crippen molar-refractivity contribution in [3.63, 3.8) is 0 Å². The van der Waals surface area contributed by atoms with Crippen LogP contribution in [0.25, 0.3) is 16.6 Å². The van der Waals surface area contributed by atoms with E-state index in [1.807, 2.05) is 25.1 Å². The van der Waals surface area contributed by atoms with Gasteiger partial charge in [0.25, 0.3) is 15.9 Å². The molecule has 2 fully saturated rings. The lowest BCUT2D eigenvalue weighted by molar-refractivity contribution is 0.00127. The molecule has 1 amide bonds. The molecule has 0 radical (unpaired) electrons. The molecule has 1 aliphatic heterocycles. The number of aromatic amines is 1. The average Bonchev–Trinajstić information content (AvgIpc) is 3.72. The highest BCUT2D eigenvalue weighted by Crippen LogP contribution is 2.44. The van der Waals surface area contributed by atoms with Gasteiger partial charge >= 0.3 is 0 Å². The van der Waals surface area contributed by atoms with Gasteiger partial charge in [-0.05, 0) is 117 Å². The molecular weight excluding hydrogens is 838 g/mol. The molecule has 8 rings (SSSR count). The number of aliphatic hydroxyl groups is 1. The van der Waals surface area contributed by atoms with Crippen LogP contribution in [0.4, 0.5) is 5.69 Å². The van der Waals surface area contributed by atoms with E-state index in [1.165, 1.54) is 22.8 Å². The van der Waals surface area contributed by atoms with E-state index in [1.54, 1.807) is 30.3 Å². The van der Waals surface area contributed by atoms with Gasteiger partial charge in [-0.3, -0.25) is 14.8 Å². The second-order valence-electron chi connectivity index (χ2n) is 17.6. The van der Waals surface area contributed by atoms with Crippen LogP contribution in [0.5, 0.6) is 17.4 Å². The lowest BCUT2D eigenvalue weighted by Crippen LogP contribution is -2.47. The molecule has 322 valence electrons. The zero-order valence-electron chi connectivity index (χ0n) is 34.6. The van der Waals surface area contributed by atoms with Crippen molar-refractivity contribution in [3.8, 4) is 17.4 Å². The van der Waals surface area contributed by atoms with Crippen LogP contribution in [0.15, 0.2) is 83.4 Å². The van der Waals surface area contributed by atoms with Crippen molar-refractivity contribution in [2.45, 2.75) is 76.2 Å². The van der Waals surface area contributed by atoms with Gasteiger partial charge in [-0.1, -0.05) is 66.0 Å². The van der Waals surface area contributed by atoms with Crippen LogP contribution < -0.4 is 19.1 Å². The van der Waals surface area contributed by atoms with Crippen LogP contribution in [-0.2, 0) is 10.0 Å². The highest BCUT2D eigenvalue weighted by molar-refractivity contribution is 7.90. The topological polar surface area (TPSA) is 163 Å². The summed E-state index contributed by atoms with van der Waals surface area (Å²) in [5, 5.41) is 21.9. The Morgan fingerprint density at radius 1 is 0.967 bits per heavy atom. The molecule has 0 atom stereocenters. The summed E-state index contributed by atoms with van der Waals surface area (Å²) in [5.41, 5.74) is 5.62. The number of pyridine rings is 1. The molecular formula is C45H51Cl2N7O6S. The van der Waals surface area contributed by atoms with Gasteiger partial charge in [-0.2, -0.15) is 0 Å². The summed E-state index contributed by atoms with van der Waals surface area (Å²) < 4.78 is 41.6. The van der Waals surface area contributed by atoms with Crippen LogP contribution >= 0.6 is 23.2 Å². The molecule has 0 bridgehead atoms. The molecule has 61 heavy (non-hydrogen) atoms. The van der Waals surface area contributed by atoms with Gasteiger partial charge in [0, 0.05) is 49.5 Å². The van der Waals surface area contributed by atoms with E-state index in [4.69, 9.17) is 32.7 Å². The number of H-pyrrole nitrogens is 1. The molecule has 3 aromatic carbocycles. The summed E-state index contributed by atoms with van der Waals surface area (Å²) in [5.74, 6) is -0.0954. The van der Waals surface area contributed by atoms with Crippen LogP contribution in [0.3, 0.4) is 0 Å². The number of carbonyl (C=O) groups excluding carboxylic acids is 1. The lowest BCUT2D eigenvalue weighted by Gasteiger charge is -2.39. The number of fused-ring (bicyclic) bond motifs is 1. The van der Waals surface area contributed by atoms with Gasteiger partial charge in [-0.15, -0.1) is 5.10 Å². The van der Waals surface area contributed by atoms with Crippen molar-refractivity contribution < 1.29 is 27.8 Å². The van der Waals surface area contributed by atoms with E-state index in [-0.39, 0.29) is 38.4 Å². The summed E-state index contributed by atoms with van der Waals surface area (Å²) in [7, 11) is -4.43. The van der Waals surface area contributed by atoms with E-state index >= 15 is 0 Å². The molecule has 2 aliphatic carbocycles. The number of piperazine rings is 1. The smallest absolute Gasteiger partial charge is 0.268 e. The van der Waals surface area contributed by atoms with E-state index in [0.29, 0.717) is 36.2 Å². The third kappa shape index (κ3) is 10.2. The minimum Gasteiger partial charge on any atom is -0.476 e. The van der Waals surface area contributed by atoms with Gasteiger partial charge in [0.1, 0.15) is 15.7 Å². The van der Waals surface area contributed by atoms with Crippen molar-refractivity contribution >= 4 is 61.4 Å². The molecule has 1 saturated heterocycles. The van der Waals surface area contributed by atoms with Gasteiger partial charge in [0.05, 0.1) is 29.5 Å². The number of benzene rings is 3. The molecule has 3 heterocycles. The second kappa shape index (κ2) is 17.6. The first kappa shape index (κ1) is 42.9. The average molecular weight is 889 g/mol. The monoisotopic (exact) mass is 887 g/mol. The van der Waals surface area contributed by atoms with Crippen LogP contribution in [0.1, 0.15) is 81.6 Å². The number of carbonyl (C=O) groups is 1. The predicted molar refractivity (Wildman–Crippen MR) is 237 cm³/mol. The fourth-order valence-electron chi connectivity index (χ4n) is 8.48. The highest BCUT2D eigenvalue weighted by Gasteiger charge is 2.31. The molecule has 0 spiro atoms. The number of halogens is 2. The zero-order chi connectivity index (χ0) is 42.9. The minimum atomic E-state index is -4.43. The SMILES string of the molecule is CC1(C)CCC(CN2CCN(c3ccc(C(=O)NS(=O)(=O)c4cnc(OC[C@H]5CC[C@@](C)(O)CC5)c(Cl)c4)c(Oc4cccc5[nH]nnc45)c3)CC2)=C(c2ccc(Cl)cc2)C1. The fourth-order valence-corrected chi connectivity index (χ4v) is 9.83. The maximum atomic E-state index is 13.9. The van der Waals surface area contributed by atoms with E-state index in [9.17, 15) is 18.3 Å². The van der Waals surface area contributed by atoms with Gasteiger partial charge in [0.15, 0.2) is 11.3 Å². The van der Waals surface area contributed by atoms with E-state index < -0.39 is 21.5 Å². The standard InChI is InChI=1S/C45H51Cl2N7O6S/c1-44(2)16-15-31(36(25-44)30-7-9-32(46)10-8-30)27-53-19-21-54(22-20-53)33-11-12-35(40(23-33)60-39-6-4-5-38-41(39)50-52-49-38)42(55)51-61(57,58)34-24-37(47)43(48-26-34)59-28-29-13-17-45(3,56)18-14-29/h4-12,23-24,26,29,56H,13-22,25,27-28H2,1-3H3,(H,51,55)(H,49,50,52)/t29-,45+. The molecule has 3 N–H and O–H groups in total. The summed E-state index contributed by atoms with van der Waals surface area (Å²) >= 11 is 12.7. The van der Waals surface area contributed by atoms with Crippen molar-refractivity contribution in [1.82, 2.24) is 30.0 Å². The molecule has 2 aromatic heterocycles. The molecule has 0 unspecified atom stereocenters. The van der Waals surface area contributed by atoms with E-state index in [2.05, 4.69) is 60.9 Å². The quantitative estimate of drug-likeness (QED) is 0.110.